The van der Waals surface area contributed by atoms with Crippen molar-refractivity contribution in [1.82, 2.24) is 9.97 Å². The number of aliphatic imine (C=N–C) groups is 1. The summed E-state index contributed by atoms with van der Waals surface area (Å²) in [5.74, 6) is 0.850. The largest absolute Gasteiger partial charge is 0.396 e. The Balaban J connectivity index is 1.55. The van der Waals surface area contributed by atoms with E-state index in [9.17, 15) is 15.3 Å². The molecule has 2 aliphatic rings. The van der Waals surface area contributed by atoms with Crippen molar-refractivity contribution in [2.24, 2.45) is 16.8 Å². The van der Waals surface area contributed by atoms with Gasteiger partial charge in [-0.2, -0.15) is 0 Å². The van der Waals surface area contributed by atoms with Crippen LogP contribution in [0.4, 0.5) is 11.5 Å². The smallest absolute Gasteiger partial charge is 0.154 e. The molecule has 0 bridgehead atoms. The Morgan fingerprint density at radius 2 is 2.00 bits per heavy atom. The molecule has 35 heavy (non-hydrogen) atoms. The number of rotatable bonds is 6. The standard InChI is InChI=1S/C27H32N4O3S/c1-3-16-8-10-18(11-9-16)29-23-13-20(30-21-12-17(14-32)25(33)26(21)34)24(15(2)28-23)27-31-19-6-4-5-7-22(19)35-27/h4-8,10,13,16-17,21,25-26,32-34H,3,9,11-12,14H2,1-2H3,(H,28,30). The molecule has 7 nitrogen and oxygen atoms in total. The molecule has 5 rings (SSSR count). The van der Waals surface area contributed by atoms with Gasteiger partial charge in [0, 0.05) is 24.3 Å². The number of aliphatic hydroxyl groups excluding tert-OH is 3. The molecule has 5 atom stereocenters. The van der Waals surface area contributed by atoms with Crippen LogP contribution in [-0.4, -0.2) is 55.9 Å². The number of anilines is 1. The first kappa shape index (κ1) is 24.1. The molecule has 0 amide bonds. The quantitative estimate of drug-likeness (QED) is 0.399. The van der Waals surface area contributed by atoms with E-state index in [1.54, 1.807) is 11.3 Å². The normalized spacial score (nSPS) is 27.7. The molecule has 2 aromatic heterocycles. The van der Waals surface area contributed by atoms with Crippen molar-refractivity contribution in [3.8, 4) is 10.6 Å². The van der Waals surface area contributed by atoms with Crippen LogP contribution in [0.5, 0.6) is 0 Å². The van der Waals surface area contributed by atoms with Crippen molar-refractivity contribution < 1.29 is 15.3 Å². The highest BCUT2D eigenvalue weighted by Gasteiger charge is 2.41. The van der Waals surface area contributed by atoms with Crippen molar-refractivity contribution in [3.63, 3.8) is 0 Å². The molecule has 0 spiro atoms. The number of aliphatic hydroxyl groups is 3. The highest BCUT2D eigenvalue weighted by Crippen LogP contribution is 2.40. The first-order valence-corrected chi connectivity index (χ1v) is 13.1. The predicted molar refractivity (Wildman–Crippen MR) is 141 cm³/mol. The fourth-order valence-corrected chi connectivity index (χ4v) is 6.14. The van der Waals surface area contributed by atoms with E-state index in [-0.39, 0.29) is 12.5 Å². The number of aryl methyl sites for hydroxylation is 1. The van der Waals surface area contributed by atoms with Crippen LogP contribution in [0.1, 0.15) is 38.3 Å². The molecule has 2 aliphatic carbocycles. The summed E-state index contributed by atoms with van der Waals surface area (Å²) in [5.41, 5.74) is 4.38. The average Bonchev–Trinajstić information content (AvgIpc) is 3.40. The third kappa shape index (κ3) is 4.89. The number of fused-ring (bicyclic) bond motifs is 1. The van der Waals surface area contributed by atoms with Gasteiger partial charge in [0.1, 0.15) is 11.1 Å². The molecule has 3 aromatic rings. The lowest BCUT2D eigenvalue weighted by molar-refractivity contribution is 0.00448. The minimum atomic E-state index is -0.981. The molecule has 0 saturated heterocycles. The van der Waals surface area contributed by atoms with Gasteiger partial charge in [0.15, 0.2) is 5.82 Å². The van der Waals surface area contributed by atoms with Crippen molar-refractivity contribution in [3.05, 3.63) is 48.2 Å². The van der Waals surface area contributed by atoms with E-state index < -0.39 is 18.2 Å². The van der Waals surface area contributed by atoms with E-state index in [4.69, 9.17) is 15.0 Å². The lowest BCUT2D eigenvalue weighted by Gasteiger charge is -2.22. The maximum Gasteiger partial charge on any atom is 0.154 e. The molecule has 5 unspecified atom stereocenters. The first-order valence-electron chi connectivity index (χ1n) is 12.3. The van der Waals surface area contributed by atoms with Crippen LogP contribution >= 0.6 is 11.3 Å². The summed E-state index contributed by atoms with van der Waals surface area (Å²) in [7, 11) is 0. The van der Waals surface area contributed by atoms with Crippen molar-refractivity contribution in [1.29, 1.82) is 0 Å². The zero-order valence-electron chi connectivity index (χ0n) is 20.1. The molecular formula is C27H32N4O3S. The molecule has 1 fully saturated rings. The Hall–Kier alpha value is -2.65. The van der Waals surface area contributed by atoms with Crippen LogP contribution in [0.2, 0.25) is 0 Å². The number of aromatic nitrogens is 2. The van der Waals surface area contributed by atoms with Crippen LogP contribution in [0, 0.1) is 18.8 Å². The molecule has 1 aromatic carbocycles. The Morgan fingerprint density at radius 1 is 1.17 bits per heavy atom. The SMILES string of the molecule is CCC1C=CC(=Nc2cc(NC3CC(CO)C(O)C3O)c(-c3nc4ccccc4s3)c(C)n2)CC1. The van der Waals surface area contributed by atoms with E-state index in [2.05, 4.69) is 30.5 Å². The zero-order chi connectivity index (χ0) is 24.5. The summed E-state index contributed by atoms with van der Waals surface area (Å²) < 4.78 is 1.09. The Morgan fingerprint density at radius 3 is 2.69 bits per heavy atom. The van der Waals surface area contributed by atoms with Crippen LogP contribution in [0.15, 0.2) is 47.5 Å². The number of hydrogen-bond donors (Lipinski definition) is 4. The third-order valence-electron chi connectivity index (χ3n) is 7.19. The van der Waals surface area contributed by atoms with Crippen LogP contribution < -0.4 is 5.32 Å². The number of benzene rings is 1. The zero-order valence-corrected chi connectivity index (χ0v) is 20.9. The number of allylic oxidation sites excluding steroid dienone is 2. The molecule has 1 saturated carbocycles. The minimum absolute atomic E-state index is 0.166. The second-order valence-corrected chi connectivity index (χ2v) is 10.6. The van der Waals surface area contributed by atoms with Gasteiger partial charge in [-0.25, -0.2) is 15.0 Å². The average molecular weight is 493 g/mol. The summed E-state index contributed by atoms with van der Waals surface area (Å²) in [6.45, 7) is 3.99. The second kappa shape index (κ2) is 10.1. The summed E-state index contributed by atoms with van der Waals surface area (Å²) in [6, 6.07) is 9.52. The van der Waals surface area contributed by atoms with Gasteiger partial charge in [0.05, 0.1) is 39.3 Å². The van der Waals surface area contributed by atoms with E-state index in [0.717, 1.165) is 57.1 Å². The minimum Gasteiger partial charge on any atom is -0.396 e. The molecule has 2 heterocycles. The van der Waals surface area contributed by atoms with Gasteiger partial charge >= 0.3 is 0 Å². The van der Waals surface area contributed by atoms with Crippen LogP contribution in [-0.2, 0) is 0 Å². The number of nitrogens with zero attached hydrogens (tertiary/aromatic N) is 3. The maximum atomic E-state index is 10.7. The van der Waals surface area contributed by atoms with Crippen LogP contribution in [0.3, 0.4) is 0 Å². The summed E-state index contributed by atoms with van der Waals surface area (Å²) >= 11 is 1.60. The summed E-state index contributed by atoms with van der Waals surface area (Å²) in [5, 5.41) is 34.9. The highest BCUT2D eigenvalue weighted by atomic mass is 32.1. The van der Waals surface area contributed by atoms with Gasteiger partial charge < -0.3 is 20.6 Å². The van der Waals surface area contributed by atoms with Gasteiger partial charge in [0.25, 0.3) is 0 Å². The second-order valence-electron chi connectivity index (χ2n) is 9.55. The van der Waals surface area contributed by atoms with Crippen LogP contribution in [0.25, 0.3) is 20.8 Å². The van der Waals surface area contributed by atoms with Crippen molar-refractivity contribution >= 4 is 38.8 Å². The van der Waals surface area contributed by atoms with Gasteiger partial charge in [-0.05, 0) is 56.7 Å². The topological polar surface area (TPSA) is 111 Å². The predicted octanol–water partition coefficient (Wildman–Crippen LogP) is 4.63. The van der Waals surface area contributed by atoms with E-state index in [1.807, 2.05) is 31.2 Å². The summed E-state index contributed by atoms with van der Waals surface area (Å²) in [6.07, 6.45) is 6.00. The Bertz CT molecular complexity index is 1240. The van der Waals surface area contributed by atoms with E-state index in [0.29, 0.717) is 18.2 Å². The molecule has 0 radical (unpaired) electrons. The molecule has 4 N–H and O–H groups in total. The van der Waals surface area contributed by atoms with Crippen molar-refractivity contribution in [2.75, 3.05) is 11.9 Å². The first-order chi connectivity index (χ1) is 17.0. The van der Waals surface area contributed by atoms with E-state index in [1.165, 1.54) is 0 Å². The monoisotopic (exact) mass is 492 g/mol. The lowest BCUT2D eigenvalue weighted by atomic mass is 9.93. The van der Waals surface area contributed by atoms with Crippen molar-refractivity contribution in [2.45, 2.75) is 57.8 Å². The molecule has 0 aliphatic heterocycles. The molecule has 184 valence electrons. The molecular weight excluding hydrogens is 460 g/mol. The fourth-order valence-electron chi connectivity index (χ4n) is 5.07. The maximum absolute atomic E-state index is 10.7. The number of thiazole rings is 1. The number of para-hydroxylation sites is 1. The Kier molecular flexibility index (Phi) is 6.98. The summed E-state index contributed by atoms with van der Waals surface area (Å²) in [4.78, 5) is 14.5. The van der Waals surface area contributed by atoms with Gasteiger partial charge in [-0.1, -0.05) is 25.1 Å². The van der Waals surface area contributed by atoms with Gasteiger partial charge in [0.2, 0.25) is 0 Å². The Labute approximate surface area is 209 Å². The van der Waals surface area contributed by atoms with E-state index >= 15 is 0 Å². The number of nitrogens with one attached hydrogen (secondary N) is 1. The van der Waals surface area contributed by atoms with Gasteiger partial charge in [-0.3, -0.25) is 0 Å². The lowest BCUT2D eigenvalue weighted by Crippen LogP contribution is -2.35. The third-order valence-corrected chi connectivity index (χ3v) is 8.24. The number of pyridine rings is 1. The molecule has 8 heteroatoms. The van der Waals surface area contributed by atoms with Gasteiger partial charge in [-0.15, -0.1) is 11.3 Å². The highest BCUT2D eigenvalue weighted by molar-refractivity contribution is 7.21. The number of hydrogen-bond acceptors (Lipinski definition) is 8. The fraction of sp³-hybridized carbons (Fsp3) is 0.444.